The lowest BCUT2D eigenvalue weighted by atomic mass is 10.0. The van der Waals surface area contributed by atoms with Crippen molar-refractivity contribution in [2.24, 2.45) is 0 Å². The van der Waals surface area contributed by atoms with Crippen molar-refractivity contribution in [1.82, 2.24) is 24.4 Å². The zero-order valence-electron chi connectivity index (χ0n) is 19.6. The Labute approximate surface area is 205 Å². The monoisotopic (exact) mass is 502 g/mol. The molecule has 1 aliphatic rings. The first kappa shape index (κ1) is 24.5. The topological polar surface area (TPSA) is 122 Å². The number of anilines is 1. The molecule has 1 atom stereocenters. The van der Waals surface area contributed by atoms with Crippen LogP contribution in [0.4, 0.5) is 15.0 Å². The third-order valence-corrected chi connectivity index (χ3v) is 6.30. The molecule has 0 aliphatic carbocycles. The lowest BCUT2D eigenvalue weighted by Crippen LogP contribution is -2.54. The lowest BCUT2D eigenvalue weighted by molar-refractivity contribution is 0.101. The number of amides is 1. The van der Waals surface area contributed by atoms with Crippen LogP contribution in [0.5, 0.6) is 0 Å². The summed E-state index contributed by atoms with van der Waals surface area (Å²) < 4.78 is 15.8. The molecule has 12 heteroatoms. The number of aromatic nitrogens is 4. The molecule has 10 nitrogen and oxygen atoms in total. The average Bonchev–Trinajstić information content (AvgIpc) is 2.79. The molecule has 0 unspecified atom stereocenters. The van der Waals surface area contributed by atoms with Gasteiger partial charge in [-0.15, -0.1) is 0 Å². The van der Waals surface area contributed by atoms with Gasteiger partial charge in [0.05, 0.1) is 16.8 Å². The van der Waals surface area contributed by atoms with Crippen LogP contribution in [0.15, 0.2) is 23.1 Å². The van der Waals surface area contributed by atoms with Gasteiger partial charge in [0.25, 0.3) is 0 Å². The fraction of sp³-hybridized carbons (Fsp3) is 0.391. The Morgan fingerprint density at radius 1 is 1.26 bits per heavy atom. The summed E-state index contributed by atoms with van der Waals surface area (Å²) in [4.78, 5) is 53.3. The minimum Gasteiger partial charge on any atom is -0.465 e. The van der Waals surface area contributed by atoms with Gasteiger partial charge in [-0.1, -0.05) is 25.4 Å². The molecule has 1 fully saturated rings. The molecule has 184 valence electrons. The zero-order chi connectivity index (χ0) is 25.6. The smallest absolute Gasteiger partial charge is 0.407 e. The fourth-order valence-corrected chi connectivity index (χ4v) is 4.50. The number of rotatable bonds is 4. The molecule has 4 heterocycles. The van der Waals surface area contributed by atoms with Crippen LogP contribution in [-0.4, -0.2) is 67.1 Å². The lowest BCUT2D eigenvalue weighted by Gasteiger charge is -2.39. The Morgan fingerprint density at radius 2 is 1.97 bits per heavy atom. The number of fused-ring (bicyclic) bond motifs is 1. The molecule has 0 aromatic carbocycles. The van der Waals surface area contributed by atoms with Crippen LogP contribution in [0.3, 0.4) is 0 Å². The number of carbonyl (C=O) groups excluding carboxylic acids is 1. The zero-order valence-corrected chi connectivity index (χ0v) is 20.4. The van der Waals surface area contributed by atoms with Crippen LogP contribution in [0.2, 0.25) is 5.15 Å². The number of piperazine rings is 1. The number of carboxylic acid groups (broad SMARTS) is 1. The number of halogens is 2. The first-order chi connectivity index (χ1) is 16.5. The van der Waals surface area contributed by atoms with Gasteiger partial charge in [-0.3, -0.25) is 9.78 Å². The Kier molecular flexibility index (Phi) is 6.46. The van der Waals surface area contributed by atoms with Gasteiger partial charge in [0, 0.05) is 37.4 Å². The first-order valence-electron chi connectivity index (χ1n) is 11.0. The van der Waals surface area contributed by atoms with Crippen molar-refractivity contribution in [3.63, 3.8) is 0 Å². The van der Waals surface area contributed by atoms with Gasteiger partial charge in [0.1, 0.15) is 5.82 Å². The van der Waals surface area contributed by atoms with E-state index in [1.807, 2.05) is 13.8 Å². The summed E-state index contributed by atoms with van der Waals surface area (Å²) in [5, 5.41) is 9.10. The molecule has 0 spiro atoms. The van der Waals surface area contributed by atoms with E-state index in [0.29, 0.717) is 5.69 Å². The van der Waals surface area contributed by atoms with Gasteiger partial charge < -0.3 is 14.9 Å². The second-order valence-electron chi connectivity index (χ2n) is 8.76. The SMILES string of the molecule is CC(=O)c1ccnc(C(C)C)c1-n1c(=O)nc(N2CCN(C(=O)O)C[C@@H]2C)c2cc(F)c(Cl)nc21. The third kappa shape index (κ3) is 4.31. The highest BCUT2D eigenvalue weighted by Gasteiger charge is 2.31. The fourth-order valence-electron chi connectivity index (χ4n) is 4.36. The maximum absolute atomic E-state index is 14.6. The van der Waals surface area contributed by atoms with Crippen molar-refractivity contribution >= 4 is 40.3 Å². The third-order valence-electron chi connectivity index (χ3n) is 6.03. The molecule has 35 heavy (non-hydrogen) atoms. The number of hydrogen-bond acceptors (Lipinski definition) is 7. The van der Waals surface area contributed by atoms with Gasteiger partial charge >= 0.3 is 11.8 Å². The van der Waals surface area contributed by atoms with Gasteiger partial charge in [0.15, 0.2) is 22.4 Å². The van der Waals surface area contributed by atoms with Crippen molar-refractivity contribution in [3.8, 4) is 5.69 Å². The predicted octanol–water partition coefficient (Wildman–Crippen LogP) is 3.48. The van der Waals surface area contributed by atoms with Gasteiger partial charge in [-0.2, -0.15) is 4.98 Å². The van der Waals surface area contributed by atoms with E-state index in [1.54, 1.807) is 11.8 Å². The summed E-state index contributed by atoms with van der Waals surface area (Å²) >= 11 is 6.03. The summed E-state index contributed by atoms with van der Waals surface area (Å²) in [5.74, 6) is -1.08. The highest BCUT2D eigenvalue weighted by Crippen LogP contribution is 2.32. The maximum Gasteiger partial charge on any atom is 0.407 e. The normalized spacial score (nSPS) is 16.3. The van der Waals surface area contributed by atoms with Gasteiger partial charge in [-0.25, -0.2) is 23.5 Å². The quantitative estimate of drug-likeness (QED) is 0.425. The molecular formula is C23H24ClFN6O4. The Morgan fingerprint density at radius 3 is 2.57 bits per heavy atom. The number of Topliss-reactive ketones (excluding diaryl/α,β-unsaturated/α-hetero) is 1. The molecule has 0 bridgehead atoms. The van der Waals surface area contributed by atoms with Crippen molar-refractivity contribution in [2.45, 2.75) is 39.7 Å². The van der Waals surface area contributed by atoms with Gasteiger partial charge in [0.2, 0.25) is 0 Å². The molecule has 4 rings (SSSR count). The van der Waals surface area contributed by atoms with Crippen LogP contribution >= 0.6 is 11.6 Å². The summed E-state index contributed by atoms with van der Waals surface area (Å²) in [6.45, 7) is 7.51. The molecule has 0 saturated carbocycles. The number of pyridine rings is 2. The van der Waals surface area contributed by atoms with Crippen molar-refractivity contribution in [1.29, 1.82) is 0 Å². The van der Waals surface area contributed by atoms with Crippen LogP contribution in [-0.2, 0) is 0 Å². The van der Waals surface area contributed by atoms with E-state index in [-0.39, 0.29) is 65.5 Å². The van der Waals surface area contributed by atoms with E-state index in [2.05, 4.69) is 15.0 Å². The largest absolute Gasteiger partial charge is 0.465 e. The van der Waals surface area contributed by atoms with E-state index in [4.69, 9.17) is 11.6 Å². The van der Waals surface area contributed by atoms with Crippen LogP contribution in [0.25, 0.3) is 16.7 Å². The minimum atomic E-state index is -1.04. The first-order valence-corrected chi connectivity index (χ1v) is 11.4. The molecule has 3 aromatic heterocycles. The second kappa shape index (κ2) is 9.21. The van der Waals surface area contributed by atoms with E-state index in [1.165, 1.54) is 24.1 Å². The highest BCUT2D eigenvalue weighted by molar-refractivity contribution is 6.30. The van der Waals surface area contributed by atoms with Crippen molar-refractivity contribution < 1.29 is 19.1 Å². The second-order valence-corrected chi connectivity index (χ2v) is 9.12. The predicted molar refractivity (Wildman–Crippen MR) is 128 cm³/mol. The van der Waals surface area contributed by atoms with E-state index in [0.717, 1.165) is 10.6 Å². The van der Waals surface area contributed by atoms with E-state index in [9.17, 15) is 23.9 Å². The average molecular weight is 503 g/mol. The summed E-state index contributed by atoms with van der Waals surface area (Å²) in [6, 6.07) is 2.31. The molecular weight excluding hydrogens is 479 g/mol. The maximum atomic E-state index is 14.6. The Bertz CT molecular complexity index is 1410. The van der Waals surface area contributed by atoms with E-state index >= 15 is 0 Å². The van der Waals surface area contributed by atoms with Gasteiger partial charge in [-0.05, 0) is 31.9 Å². The minimum absolute atomic E-state index is 0.0247. The summed E-state index contributed by atoms with van der Waals surface area (Å²) in [6.07, 6.45) is 0.452. The molecule has 3 aromatic rings. The van der Waals surface area contributed by atoms with Crippen molar-refractivity contribution in [2.75, 3.05) is 24.5 Å². The Hall–Kier alpha value is -3.60. The summed E-state index contributed by atoms with van der Waals surface area (Å²) in [7, 11) is 0. The number of ketones is 1. The van der Waals surface area contributed by atoms with Crippen molar-refractivity contribution in [3.05, 3.63) is 51.0 Å². The van der Waals surface area contributed by atoms with Crippen LogP contribution in [0, 0.1) is 5.82 Å². The molecule has 1 N–H and O–H groups in total. The molecule has 1 aliphatic heterocycles. The van der Waals surface area contributed by atoms with Crippen LogP contribution < -0.4 is 10.6 Å². The number of carbonyl (C=O) groups is 2. The number of hydrogen-bond donors (Lipinski definition) is 1. The number of nitrogens with zero attached hydrogens (tertiary/aromatic N) is 6. The summed E-state index contributed by atoms with van der Waals surface area (Å²) in [5.41, 5.74) is 0.223. The molecule has 0 radical (unpaired) electrons. The molecule has 1 amide bonds. The standard InChI is InChI=1S/C23H24ClFN6O4/c1-11(2)17-18(14(13(4)32)5-6-26-17)31-21-15(9-16(25)19(24)27-21)20(28-22(31)33)30-8-7-29(23(34)35)10-12(30)3/h5-6,9,11-12H,7-8,10H2,1-4H3,(H,34,35)/t12-/m0/s1. The molecule has 1 saturated heterocycles. The highest BCUT2D eigenvalue weighted by atomic mass is 35.5. The van der Waals surface area contributed by atoms with Crippen LogP contribution in [0.1, 0.15) is 49.7 Å². The Balaban J connectivity index is 2.04. The van der Waals surface area contributed by atoms with E-state index < -0.39 is 22.8 Å².